The van der Waals surface area contributed by atoms with Crippen molar-refractivity contribution in [1.82, 2.24) is 0 Å². The largest absolute Gasteiger partial charge is 0.497 e. The van der Waals surface area contributed by atoms with E-state index in [2.05, 4.69) is 0 Å². The molecule has 0 N–H and O–H groups in total. The van der Waals surface area contributed by atoms with Crippen LogP contribution in [0.1, 0.15) is 12.5 Å². The lowest BCUT2D eigenvalue weighted by molar-refractivity contribution is 0.351. The molecule has 1 aromatic rings. The Morgan fingerprint density at radius 3 is 2.50 bits per heavy atom. The molecule has 0 fully saturated rings. The first kappa shape index (κ1) is 15.0. The van der Waals surface area contributed by atoms with Crippen molar-refractivity contribution in [2.24, 2.45) is 0 Å². The fourth-order valence-corrected chi connectivity index (χ4v) is 2.48. The Bertz CT molecular complexity index is 466. The van der Waals surface area contributed by atoms with Crippen molar-refractivity contribution in [2.45, 2.75) is 6.92 Å². The molecule has 0 bridgehead atoms. The van der Waals surface area contributed by atoms with Crippen LogP contribution in [0, 0.1) is 0 Å². The van der Waals surface area contributed by atoms with Gasteiger partial charge in [0.1, 0.15) is 5.75 Å². The van der Waals surface area contributed by atoms with Gasteiger partial charge in [0.05, 0.1) is 13.7 Å². The monoisotopic (exact) mass is 286 g/mol. The molecule has 0 aliphatic carbocycles. The van der Waals surface area contributed by atoms with E-state index in [9.17, 15) is 4.57 Å². The number of rotatable bonds is 6. The average Bonchev–Trinajstić information content (AvgIpc) is 2.35. The molecule has 1 unspecified atom stereocenters. The van der Waals surface area contributed by atoms with Crippen molar-refractivity contribution >= 4 is 24.0 Å². The Hall–Kier alpha value is -1.02. The molecule has 18 heavy (non-hydrogen) atoms. The number of allylic oxidation sites excluding steroid dienone is 2. The molecule has 5 heteroatoms. The van der Waals surface area contributed by atoms with Crippen molar-refractivity contribution in [3.05, 3.63) is 47.8 Å². The van der Waals surface area contributed by atoms with Gasteiger partial charge in [-0.25, -0.2) is 0 Å². The van der Waals surface area contributed by atoms with Gasteiger partial charge < -0.3 is 9.26 Å². The van der Waals surface area contributed by atoms with Gasteiger partial charge in [-0.05, 0) is 35.9 Å². The number of methoxy groups -OCH3 is 1. The molecule has 3 nitrogen and oxygen atoms in total. The second kappa shape index (κ2) is 7.42. The topological polar surface area (TPSA) is 35.5 Å². The molecule has 0 spiro atoms. The number of halogens is 1. The zero-order valence-corrected chi connectivity index (χ0v) is 12.0. The van der Waals surface area contributed by atoms with E-state index in [1.165, 1.54) is 5.82 Å². The zero-order chi connectivity index (χ0) is 13.4. The lowest BCUT2D eigenvalue weighted by Gasteiger charge is -2.02. The maximum Gasteiger partial charge on any atom is 0.312 e. The maximum atomic E-state index is 11.5. The lowest BCUT2D eigenvalue weighted by atomic mass is 10.2. The van der Waals surface area contributed by atoms with Crippen molar-refractivity contribution in [1.29, 1.82) is 0 Å². The molecular formula is C13H16ClO3P. The van der Waals surface area contributed by atoms with Crippen LogP contribution in [0.25, 0.3) is 6.08 Å². The van der Waals surface area contributed by atoms with E-state index in [1.807, 2.05) is 30.3 Å². The van der Waals surface area contributed by atoms with Gasteiger partial charge in [0, 0.05) is 5.82 Å². The van der Waals surface area contributed by atoms with Gasteiger partial charge in [-0.15, -0.1) is 0 Å². The molecule has 0 heterocycles. The second-order valence-electron chi connectivity index (χ2n) is 3.41. The summed E-state index contributed by atoms with van der Waals surface area (Å²) >= 11 is 5.65. The third-order valence-electron chi connectivity index (χ3n) is 2.08. The van der Waals surface area contributed by atoms with E-state index in [0.29, 0.717) is 6.61 Å². The zero-order valence-electron chi connectivity index (χ0n) is 10.4. The van der Waals surface area contributed by atoms with Crippen LogP contribution in [0.15, 0.2) is 42.2 Å². The highest BCUT2D eigenvalue weighted by Crippen LogP contribution is 2.53. The van der Waals surface area contributed by atoms with Crippen molar-refractivity contribution < 1.29 is 13.8 Å². The Kier molecular flexibility index (Phi) is 6.20. The van der Waals surface area contributed by atoms with Crippen LogP contribution in [0.5, 0.6) is 5.75 Å². The second-order valence-corrected chi connectivity index (χ2v) is 6.42. The molecule has 0 saturated heterocycles. The van der Waals surface area contributed by atoms with Crippen LogP contribution >= 0.6 is 18.0 Å². The Morgan fingerprint density at radius 2 is 1.94 bits per heavy atom. The van der Waals surface area contributed by atoms with Crippen molar-refractivity contribution in [3.8, 4) is 5.75 Å². The highest BCUT2D eigenvalue weighted by molar-refractivity contribution is 7.87. The normalized spacial score (nSPS) is 15.1. The van der Waals surface area contributed by atoms with Gasteiger partial charge in [-0.3, -0.25) is 4.57 Å². The first-order valence-corrected chi connectivity index (χ1v) is 8.11. The fraction of sp³-hybridized carbons (Fsp3) is 0.231. The van der Waals surface area contributed by atoms with E-state index < -0.39 is 6.72 Å². The molecule has 1 atom stereocenters. The number of ether oxygens (including phenoxy) is 1. The summed E-state index contributed by atoms with van der Waals surface area (Å²) in [7, 11) is 1.62. The fourth-order valence-electron chi connectivity index (χ4n) is 1.25. The molecule has 0 amide bonds. The highest BCUT2D eigenvalue weighted by Gasteiger charge is 2.11. The van der Waals surface area contributed by atoms with Gasteiger partial charge in [-0.1, -0.05) is 30.4 Å². The van der Waals surface area contributed by atoms with Crippen molar-refractivity contribution in [2.75, 3.05) is 13.7 Å². The molecule has 0 aliphatic rings. The first-order valence-electron chi connectivity index (χ1n) is 5.51. The molecule has 0 aliphatic heterocycles. The summed E-state index contributed by atoms with van der Waals surface area (Å²) in [6.07, 6.45) is 5.25. The van der Waals surface area contributed by atoms with Crippen LogP contribution in [0.3, 0.4) is 0 Å². The van der Waals surface area contributed by atoms with E-state index in [4.69, 9.17) is 20.5 Å². The molecular weight excluding hydrogens is 271 g/mol. The van der Waals surface area contributed by atoms with Crippen LogP contribution < -0.4 is 4.74 Å². The minimum absolute atomic E-state index is 0.327. The molecule has 1 aromatic carbocycles. The standard InChI is InChI=1S/C13H16ClO3P/c1-3-17-18(14,15)11-5-4-6-12-7-9-13(16-2)10-8-12/h4-11H,3H2,1-2H3/b6-4+,11-5+. The summed E-state index contributed by atoms with van der Waals surface area (Å²) in [4.78, 5) is 0. The number of hydrogen-bond acceptors (Lipinski definition) is 3. The minimum Gasteiger partial charge on any atom is -0.497 e. The highest BCUT2D eigenvalue weighted by atomic mass is 35.7. The molecule has 98 valence electrons. The molecule has 0 saturated carbocycles. The molecule has 0 aromatic heterocycles. The molecule has 0 radical (unpaired) electrons. The summed E-state index contributed by atoms with van der Waals surface area (Å²) in [5.74, 6) is 2.18. The third kappa shape index (κ3) is 5.54. The Balaban J connectivity index is 2.59. The molecule has 1 rings (SSSR count). The van der Waals surface area contributed by atoms with Gasteiger partial charge in [-0.2, -0.15) is 0 Å². The minimum atomic E-state index is -3.11. The van der Waals surface area contributed by atoms with E-state index in [1.54, 1.807) is 26.2 Å². The quantitative estimate of drug-likeness (QED) is 0.562. The summed E-state index contributed by atoms with van der Waals surface area (Å²) in [5, 5.41) is 0. The van der Waals surface area contributed by atoms with E-state index in [0.717, 1.165) is 11.3 Å². The van der Waals surface area contributed by atoms with Crippen LogP contribution in [-0.4, -0.2) is 13.7 Å². The Labute approximate surface area is 112 Å². The number of benzene rings is 1. The predicted molar refractivity (Wildman–Crippen MR) is 76.3 cm³/mol. The SMILES string of the molecule is CCOP(=O)(Cl)/C=C/C=C/c1ccc(OC)cc1. The summed E-state index contributed by atoms with van der Waals surface area (Å²) < 4.78 is 21.5. The smallest absolute Gasteiger partial charge is 0.312 e. The van der Waals surface area contributed by atoms with E-state index in [-0.39, 0.29) is 0 Å². The number of hydrogen-bond donors (Lipinski definition) is 0. The Morgan fingerprint density at radius 1 is 1.28 bits per heavy atom. The summed E-state index contributed by atoms with van der Waals surface area (Å²) in [6, 6.07) is 7.59. The average molecular weight is 287 g/mol. The third-order valence-corrected chi connectivity index (χ3v) is 3.85. The predicted octanol–water partition coefficient (Wildman–Crippen LogP) is 4.69. The van der Waals surface area contributed by atoms with Gasteiger partial charge in [0.2, 0.25) is 0 Å². The van der Waals surface area contributed by atoms with Gasteiger partial charge in [0.25, 0.3) is 0 Å². The van der Waals surface area contributed by atoms with Crippen LogP contribution in [0.2, 0.25) is 0 Å². The van der Waals surface area contributed by atoms with Crippen LogP contribution in [0.4, 0.5) is 0 Å². The van der Waals surface area contributed by atoms with Crippen molar-refractivity contribution in [3.63, 3.8) is 0 Å². The van der Waals surface area contributed by atoms with E-state index >= 15 is 0 Å². The maximum absolute atomic E-state index is 11.5. The van der Waals surface area contributed by atoms with Crippen LogP contribution in [-0.2, 0) is 9.09 Å². The summed E-state index contributed by atoms with van der Waals surface area (Å²) in [5.41, 5.74) is 1.02. The van der Waals surface area contributed by atoms with Gasteiger partial charge >= 0.3 is 6.72 Å². The lowest BCUT2D eigenvalue weighted by Crippen LogP contribution is -1.81. The van der Waals surface area contributed by atoms with Gasteiger partial charge in [0.15, 0.2) is 0 Å². The first-order chi connectivity index (χ1) is 8.57. The summed E-state index contributed by atoms with van der Waals surface area (Å²) in [6.45, 7) is -1.03.